The molecular weight excluding hydrogens is 303 g/mol. The van der Waals surface area contributed by atoms with Gasteiger partial charge in [-0.1, -0.05) is 41.4 Å². The summed E-state index contributed by atoms with van der Waals surface area (Å²) >= 11 is 6.18. The minimum atomic E-state index is -0.298. The smallest absolute Gasteiger partial charge is 0.259 e. The molecular formula is C17H12ClFN2O. The van der Waals surface area contributed by atoms with Gasteiger partial charge in [-0.15, -0.1) is 10.2 Å². The molecule has 0 saturated carbocycles. The molecule has 0 saturated heterocycles. The molecule has 5 heteroatoms. The third kappa shape index (κ3) is 3.23. The van der Waals surface area contributed by atoms with Gasteiger partial charge < -0.3 is 4.42 Å². The Labute approximate surface area is 132 Å². The molecule has 3 rings (SSSR count). The molecule has 0 aliphatic rings. The molecule has 3 aromatic rings. The van der Waals surface area contributed by atoms with Crippen LogP contribution in [0.1, 0.15) is 17.0 Å². The molecule has 0 aliphatic carbocycles. The molecule has 0 aliphatic heterocycles. The number of halogens is 2. The zero-order chi connectivity index (χ0) is 15.5. The summed E-state index contributed by atoms with van der Waals surface area (Å²) in [4.78, 5) is 0. The summed E-state index contributed by atoms with van der Waals surface area (Å²) in [6, 6.07) is 13.7. The van der Waals surface area contributed by atoms with Gasteiger partial charge in [0.2, 0.25) is 5.89 Å². The van der Waals surface area contributed by atoms with E-state index in [0.29, 0.717) is 10.9 Å². The van der Waals surface area contributed by atoms with Crippen LogP contribution in [0.15, 0.2) is 52.9 Å². The van der Waals surface area contributed by atoms with Crippen molar-refractivity contribution in [2.45, 2.75) is 6.92 Å². The minimum Gasteiger partial charge on any atom is -0.415 e. The number of aryl methyl sites for hydroxylation is 1. The van der Waals surface area contributed by atoms with Crippen LogP contribution in [0.4, 0.5) is 4.39 Å². The second-order valence-electron chi connectivity index (χ2n) is 4.83. The van der Waals surface area contributed by atoms with Gasteiger partial charge in [0.05, 0.1) is 0 Å². The van der Waals surface area contributed by atoms with E-state index in [2.05, 4.69) is 10.2 Å². The highest BCUT2D eigenvalue weighted by Crippen LogP contribution is 2.25. The fraction of sp³-hybridized carbons (Fsp3) is 0.0588. The van der Waals surface area contributed by atoms with E-state index in [0.717, 1.165) is 16.7 Å². The Morgan fingerprint density at radius 1 is 1.14 bits per heavy atom. The van der Waals surface area contributed by atoms with Gasteiger partial charge in [0, 0.05) is 5.56 Å². The normalized spacial score (nSPS) is 11.7. The van der Waals surface area contributed by atoms with Gasteiger partial charge >= 0.3 is 0 Å². The van der Waals surface area contributed by atoms with Crippen LogP contribution in [-0.4, -0.2) is 10.2 Å². The first kappa shape index (κ1) is 14.5. The van der Waals surface area contributed by atoms with E-state index in [-0.39, 0.29) is 11.7 Å². The SMILES string of the molecule is Cc1cccc(-c2nnc(/C(Cl)=C/c3ccc(F)cc3)o2)c1. The Kier molecular flexibility index (Phi) is 4.02. The van der Waals surface area contributed by atoms with Crippen molar-refractivity contribution in [1.82, 2.24) is 10.2 Å². The molecule has 0 atom stereocenters. The minimum absolute atomic E-state index is 0.225. The summed E-state index contributed by atoms with van der Waals surface area (Å²) in [5.41, 5.74) is 2.69. The van der Waals surface area contributed by atoms with Crippen molar-refractivity contribution in [3.8, 4) is 11.5 Å². The Morgan fingerprint density at radius 2 is 1.91 bits per heavy atom. The molecule has 0 bridgehead atoms. The highest BCUT2D eigenvalue weighted by molar-refractivity contribution is 6.50. The molecule has 0 fully saturated rings. The molecule has 0 radical (unpaired) electrons. The van der Waals surface area contributed by atoms with Crippen molar-refractivity contribution in [3.05, 3.63) is 71.4 Å². The second-order valence-corrected chi connectivity index (χ2v) is 5.23. The van der Waals surface area contributed by atoms with Crippen LogP contribution in [0.2, 0.25) is 0 Å². The van der Waals surface area contributed by atoms with Gasteiger partial charge in [0.1, 0.15) is 10.8 Å². The van der Waals surface area contributed by atoms with Gasteiger partial charge in [-0.2, -0.15) is 0 Å². The van der Waals surface area contributed by atoms with Crippen molar-refractivity contribution in [2.75, 3.05) is 0 Å². The van der Waals surface area contributed by atoms with Crippen LogP contribution in [0, 0.1) is 12.7 Å². The number of benzene rings is 2. The standard InChI is InChI=1S/C17H12ClFN2O/c1-11-3-2-4-13(9-11)16-20-21-17(22-16)15(18)10-12-5-7-14(19)8-6-12/h2-10H,1H3/b15-10-. The van der Waals surface area contributed by atoms with Crippen molar-refractivity contribution >= 4 is 22.7 Å². The van der Waals surface area contributed by atoms with E-state index in [1.165, 1.54) is 12.1 Å². The maximum Gasteiger partial charge on any atom is 0.259 e. The third-order valence-electron chi connectivity index (χ3n) is 3.06. The van der Waals surface area contributed by atoms with Gasteiger partial charge in [0.15, 0.2) is 0 Å². The van der Waals surface area contributed by atoms with Crippen LogP contribution in [0.25, 0.3) is 22.6 Å². The largest absolute Gasteiger partial charge is 0.415 e. The maximum absolute atomic E-state index is 12.9. The van der Waals surface area contributed by atoms with E-state index >= 15 is 0 Å². The van der Waals surface area contributed by atoms with Gasteiger partial charge in [-0.05, 0) is 42.8 Å². The summed E-state index contributed by atoms with van der Waals surface area (Å²) in [6.45, 7) is 1.99. The quantitative estimate of drug-likeness (QED) is 0.688. The lowest BCUT2D eigenvalue weighted by molar-refractivity contribution is 0.556. The fourth-order valence-electron chi connectivity index (χ4n) is 1.98. The van der Waals surface area contributed by atoms with E-state index in [4.69, 9.17) is 16.0 Å². The van der Waals surface area contributed by atoms with E-state index < -0.39 is 0 Å². The highest BCUT2D eigenvalue weighted by atomic mass is 35.5. The zero-order valence-electron chi connectivity index (χ0n) is 11.8. The van der Waals surface area contributed by atoms with Crippen LogP contribution < -0.4 is 0 Å². The predicted octanol–water partition coefficient (Wildman–Crippen LogP) is 4.92. The molecule has 22 heavy (non-hydrogen) atoms. The van der Waals surface area contributed by atoms with Gasteiger partial charge in [0.25, 0.3) is 5.89 Å². The molecule has 0 spiro atoms. The van der Waals surface area contributed by atoms with Gasteiger partial charge in [-0.25, -0.2) is 4.39 Å². The summed E-state index contributed by atoms with van der Waals surface area (Å²) in [6.07, 6.45) is 1.65. The highest BCUT2D eigenvalue weighted by Gasteiger charge is 2.11. The first-order chi connectivity index (χ1) is 10.6. The van der Waals surface area contributed by atoms with Crippen molar-refractivity contribution in [1.29, 1.82) is 0 Å². The second kappa shape index (κ2) is 6.12. The predicted molar refractivity (Wildman–Crippen MR) is 84.6 cm³/mol. The van der Waals surface area contributed by atoms with Crippen molar-refractivity contribution in [2.24, 2.45) is 0 Å². The summed E-state index contributed by atoms with van der Waals surface area (Å²) in [5.74, 6) is 0.333. The average Bonchev–Trinajstić information content (AvgIpc) is 3.00. The van der Waals surface area contributed by atoms with Gasteiger partial charge in [-0.3, -0.25) is 0 Å². The monoisotopic (exact) mass is 314 g/mol. The Hall–Kier alpha value is -2.46. The van der Waals surface area contributed by atoms with E-state index in [1.807, 2.05) is 31.2 Å². The fourth-order valence-corrected chi connectivity index (χ4v) is 2.18. The van der Waals surface area contributed by atoms with Crippen molar-refractivity contribution < 1.29 is 8.81 Å². The van der Waals surface area contributed by atoms with Crippen LogP contribution in [0.3, 0.4) is 0 Å². The Morgan fingerprint density at radius 3 is 2.64 bits per heavy atom. The summed E-state index contributed by atoms with van der Waals surface area (Å²) in [7, 11) is 0. The molecule has 0 N–H and O–H groups in total. The number of rotatable bonds is 3. The lowest BCUT2D eigenvalue weighted by Gasteiger charge is -1.96. The number of hydrogen-bond donors (Lipinski definition) is 0. The first-order valence-electron chi connectivity index (χ1n) is 6.65. The van der Waals surface area contributed by atoms with E-state index in [1.54, 1.807) is 18.2 Å². The molecule has 1 heterocycles. The lowest BCUT2D eigenvalue weighted by atomic mass is 10.1. The van der Waals surface area contributed by atoms with Crippen LogP contribution in [0.5, 0.6) is 0 Å². The number of aromatic nitrogens is 2. The maximum atomic E-state index is 12.9. The Balaban J connectivity index is 1.88. The van der Waals surface area contributed by atoms with E-state index in [9.17, 15) is 4.39 Å². The molecule has 110 valence electrons. The summed E-state index contributed by atoms with van der Waals surface area (Å²) in [5, 5.41) is 8.25. The van der Waals surface area contributed by atoms with Crippen molar-refractivity contribution in [3.63, 3.8) is 0 Å². The lowest BCUT2D eigenvalue weighted by Crippen LogP contribution is -1.79. The molecule has 3 nitrogen and oxygen atoms in total. The zero-order valence-corrected chi connectivity index (χ0v) is 12.5. The third-order valence-corrected chi connectivity index (χ3v) is 3.33. The molecule has 2 aromatic carbocycles. The number of hydrogen-bond acceptors (Lipinski definition) is 3. The van der Waals surface area contributed by atoms with Crippen LogP contribution >= 0.6 is 11.6 Å². The van der Waals surface area contributed by atoms with Crippen LogP contribution in [-0.2, 0) is 0 Å². The molecule has 0 unspecified atom stereocenters. The molecule has 0 amide bonds. The summed E-state index contributed by atoms with van der Waals surface area (Å²) < 4.78 is 18.5. The first-order valence-corrected chi connectivity index (χ1v) is 7.03. The average molecular weight is 315 g/mol. The topological polar surface area (TPSA) is 38.9 Å². The molecule has 1 aromatic heterocycles. The number of nitrogens with zero attached hydrogens (tertiary/aromatic N) is 2. The Bertz CT molecular complexity index is 825.